The van der Waals surface area contributed by atoms with Crippen molar-refractivity contribution in [2.45, 2.75) is 18.2 Å². The number of benzene rings is 2. The Labute approximate surface area is 168 Å². The van der Waals surface area contributed by atoms with Crippen LogP contribution in [0.3, 0.4) is 0 Å². The fraction of sp³-hybridized carbons (Fsp3) is 0.200. The number of aromatic nitrogens is 1. The summed E-state index contributed by atoms with van der Waals surface area (Å²) in [6.45, 7) is 2.40. The SMILES string of the molecule is CCNC(=O)OCCc1nc(-c2ccccc2)c(-c2ccc(S(N)(=O)=O)cc2)o1. The lowest BCUT2D eigenvalue weighted by atomic mass is 10.1. The maximum absolute atomic E-state index is 11.5. The lowest BCUT2D eigenvalue weighted by Gasteiger charge is -2.03. The summed E-state index contributed by atoms with van der Waals surface area (Å²) in [5.41, 5.74) is 2.11. The second-order valence-corrected chi connectivity index (χ2v) is 7.70. The molecule has 0 atom stereocenters. The average molecular weight is 415 g/mol. The molecule has 0 aliphatic heterocycles. The first-order valence-corrected chi connectivity index (χ1v) is 10.5. The van der Waals surface area contributed by atoms with Crippen LogP contribution in [0.15, 0.2) is 63.9 Å². The van der Waals surface area contributed by atoms with E-state index in [9.17, 15) is 13.2 Å². The van der Waals surface area contributed by atoms with Crippen molar-refractivity contribution in [1.82, 2.24) is 10.3 Å². The predicted octanol–water partition coefficient (Wildman–Crippen LogP) is 2.94. The Hall–Kier alpha value is -3.17. The first-order chi connectivity index (χ1) is 13.9. The van der Waals surface area contributed by atoms with Gasteiger partial charge in [0, 0.05) is 17.7 Å². The highest BCUT2D eigenvalue weighted by atomic mass is 32.2. The van der Waals surface area contributed by atoms with Crippen LogP contribution >= 0.6 is 0 Å². The summed E-state index contributed by atoms with van der Waals surface area (Å²) in [5.74, 6) is 0.892. The van der Waals surface area contributed by atoms with Gasteiger partial charge >= 0.3 is 6.09 Å². The second kappa shape index (κ2) is 8.89. The molecular formula is C20H21N3O5S. The molecule has 1 amide bonds. The van der Waals surface area contributed by atoms with Crippen molar-refractivity contribution >= 4 is 16.1 Å². The highest BCUT2D eigenvalue weighted by Gasteiger charge is 2.18. The van der Waals surface area contributed by atoms with Crippen LogP contribution in [-0.4, -0.2) is 32.6 Å². The van der Waals surface area contributed by atoms with E-state index in [2.05, 4.69) is 10.3 Å². The maximum atomic E-state index is 11.5. The van der Waals surface area contributed by atoms with Crippen molar-refractivity contribution in [2.24, 2.45) is 5.14 Å². The number of ether oxygens (including phenoxy) is 1. The molecule has 9 heteroatoms. The normalized spacial score (nSPS) is 11.2. The van der Waals surface area contributed by atoms with E-state index >= 15 is 0 Å². The molecule has 8 nitrogen and oxygen atoms in total. The van der Waals surface area contributed by atoms with Crippen LogP contribution in [0, 0.1) is 0 Å². The van der Waals surface area contributed by atoms with E-state index in [4.69, 9.17) is 14.3 Å². The summed E-state index contributed by atoms with van der Waals surface area (Å²) in [4.78, 5) is 16.0. The molecule has 0 unspecified atom stereocenters. The molecule has 3 aromatic rings. The van der Waals surface area contributed by atoms with Crippen molar-refractivity contribution in [3.63, 3.8) is 0 Å². The fourth-order valence-electron chi connectivity index (χ4n) is 2.68. The van der Waals surface area contributed by atoms with Gasteiger partial charge in [0.15, 0.2) is 11.7 Å². The van der Waals surface area contributed by atoms with E-state index in [1.54, 1.807) is 19.1 Å². The Kier molecular flexibility index (Phi) is 6.30. The molecule has 0 saturated carbocycles. The highest BCUT2D eigenvalue weighted by molar-refractivity contribution is 7.89. The Balaban J connectivity index is 1.90. The molecule has 0 bridgehead atoms. The molecule has 152 valence electrons. The molecular weight excluding hydrogens is 394 g/mol. The Bertz CT molecular complexity index is 1080. The fourth-order valence-corrected chi connectivity index (χ4v) is 3.20. The van der Waals surface area contributed by atoms with Crippen LogP contribution in [0.5, 0.6) is 0 Å². The molecule has 0 saturated heterocycles. The van der Waals surface area contributed by atoms with Gasteiger partial charge in [0.05, 0.1) is 11.3 Å². The van der Waals surface area contributed by atoms with E-state index in [1.165, 1.54) is 12.1 Å². The molecule has 3 N–H and O–H groups in total. The number of rotatable bonds is 7. The summed E-state index contributed by atoms with van der Waals surface area (Å²) in [5, 5.41) is 7.71. The summed E-state index contributed by atoms with van der Waals surface area (Å²) in [7, 11) is -3.78. The molecule has 0 spiro atoms. The zero-order chi connectivity index (χ0) is 20.9. The number of primary sulfonamides is 1. The third-order valence-electron chi connectivity index (χ3n) is 4.03. The van der Waals surface area contributed by atoms with E-state index in [-0.39, 0.29) is 11.5 Å². The van der Waals surface area contributed by atoms with Crippen molar-refractivity contribution in [1.29, 1.82) is 0 Å². The van der Waals surface area contributed by atoms with Gasteiger partial charge in [-0.25, -0.2) is 23.3 Å². The van der Waals surface area contributed by atoms with E-state index in [0.717, 1.165) is 5.56 Å². The molecule has 0 radical (unpaired) electrons. The number of carbonyl (C=O) groups excluding carboxylic acids is 1. The predicted molar refractivity (Wildman–Crippen MR) is 107 cm³/mol. The Morgan fingerprint density at radius 1 is 1.10 bits per heavy atom. The lowest BCUT2D eigenvalue weighted by Crippen LogP contribution is -2.24. The molecule has 3 rings (SSSR count). The molecule has 0 aliphatic rings. The van der Waals surface area contributed by atoms with Crippen LogP contribution in [0.1, 0.15) is 12.8 Å². The van der Waals surface area contributed by atoms with Crippen molar-refractivity contribution < 1.29 is 22.4 Å². The average Bonchev–Trinajstić information content (AvgIpc) is 3.12. The minimum Gasteiger partial charge on any atom is -0.449 e. The Morgan fingerprint density at radius 3 is 2.41 bits per heavy atom. The first kappa shape index (κ1) is 20.6. The molecule has 0 fully saturated rings. The maximum Gasteiger partial charge on any atom is 0.407 e. The first-order valence-electron chi connectivity index (χ1n) is 8.97. The van der Waals surface area contributed by atoms with Gasteiger partial charge in [-0.1, -0.05) is 30.3 Å². The number of amides is 1. The van der Waals surface area contributed by atoms with Crippen LogP contribution in [0.25, 0.3) is 22.6 Å². The van der Waals surface area contributed by atoms with Gasteiger partial charge in [0.25, 0.3) is 0 Å². The van der Waals surface area contributed by atoms with Crippen LogP contribution < -0.4 is 10.5 Å². The molecule has 0 aliphatic carbocycles. The number of nitrogens with two attached hydrogens (primary N) is 1. The van der Waals surface area contributed by atoms with Gasteiger partial charge in [-0.2, -0.15) is 0 Å². The van der Waals surface area contributed by atoms with Crippen molar-refractivity contribution in [3.05, 3.63) is 60.5 Å². The van der Waals surface area contributed by atoms with E-state index in [1.807, 2.05) is 30.3 Å². The zero-order valence-electron chi connectivity index (χ0n) is 15.8. The third kappa shape index (κ3) is 5.21. The number of sulfonamides is 1. The van der Waals surface area contributed by atoms with Gasteiger partial charge in [-0.3, -0.25) is 0 Å². The molecule has 29 heavy (non-hydrogen) atoms. The van der Waals surface area contributed by atoms with Crippen LogP contribution in [0.4, 0.5) is 4.79 Å². The summed E-state index contributed by atoms with van der Waals surface area (Å²) in [6, 6.07) is 15.5. The Morgan fingerprint density at radius 2 is 1.79 bits per heavy atom. The number of hydrogen-bond donors (Lipinski definition) is 2. The summed E-state index contributed by atoms with van der Waals surface area (Å²) in [6.07, 6.45) is -0.201. The monoisotopic (exact) mass is 415 g/mol. The largest absolute Gasteiger partial charge is 0.449 e. The standard InChI is InChI=1S/C20H21N3O5S/c1-2-22-20(24)27-13-12-17-23-18(14-6-4-3-5-7-14)19(28-17)15-8-10-16(11-9-15)29(21,25)26/h3-11H,2,12-13H2,1H3,(H,22,24)(H2,21,25,26). The van der Waals surface area contributed by atoms with Gasteiger partial charge < -0.3 is 14.5 Å². The molecule has 1 heterocycles. The van der Waals surface area contributed by atoms with E-state index < -0.39 is 16.1 Å². The molecule has 1 aromatic heterocycles. The van der Waals surface area contributed by atoms with Crippen molar-refractivity contribution in [2.75, 3.05) is 13.2 Å². The summed E-state index contributed by atoms with van der Waals surface area (Å²) >= 11 is 0. The number of nitrogens with one attached hydrogen (secondary N) is 1. The number of nitrogens with zero attached hydrogens (tertiary/aromatic N) is 1. The minimum absolute atomic E-state index is 0.0117. The second-order valence-electron chi connectivity index (χ2n) is 6.14. The number of alkyl carbamates (subject to hydrolysis) is 1. The lowest BCUT2D eigenvalue weighted by molar-refractivity contribution is 0.146. The number of hydrogen-bond acceptors (Lipinski definition) is 6. The number of oxazole rings is 1. The third-order valence-corrected chi connectivity index (χ3v) is 4.96. The quantitative estimate of drug-likeness (QED) is 0.611. The van der Waals surface area contributed by atoms with Crippen LogP contribution in [0.2, 0.25) is 0 Å². The van der Waals surface area contributed by atoms with E-state index in [0.29, 0.717) is 35.9 Å². The van der Waals surface area contributed by atoms with Crippen LogP contribution in [-0.2, 0) is 21.2 Å². The number of carbonyl (C=O) groups is 1. The highest BCUT2D eigenvalue weighted by Crippen LogP contribution is 2.33. The topological polar surface area (TPSA) is 125 Å². The minimum atomic E-state index is -3.78. The van der Waals surface area contributed by atoms with Crippen molar-refractivity contribution in [3.8, 4) is 22.6 Å². The molecule has 2 aromatic carbocycles. The van der Waals surface area contributed by atoms with Gasteiger partial charge in [-0.05, 0) is 31.2 Å². The summed E-state index contributed by atoms with van der Waals surface area (Å²) < 4.78 is 34.0. The smallest absolute Gasteiger partial charge is 0.407 e. The van der Waals surface area contributed by atoms with Gasteiger partial charge in [0.2, 0.25) is 10.0 Å². The van der Waals surface area contributed by atoms with Gasteiger partial charge in [0.1, 0.15) is 12.3 Å². The van der Waals surface area contributed by atoms with Gasteiger partial charge in [-0.15, -0.1) is 0 Å². The zero-order valence-corrected chi connectivity index (χ0v) is 16.6.